The molecule has 0 radical (unpaired) electrons. The predicted octanol–water partition coefficient (Wildman–Crippen LogP) is 7.81. The summed E-state index contributed by atoms with van der Waals surface area (Å²) >= 11 is 6.57. The molecule has 2 aromatic carbocycles. The van der Waals surface area contributed by atoms with E-state index in [9.17, 15) is 10.1 Å². The molecule has 0 spiro atoms. The molecule has 1 saturated heterocycles. The molecule has 0 bridgehead atoms. The normalized spacial score (nSPS) is 16.7. The number of rotatable bonds is 6. The number of carbonyl (C=O) groups excluding carboxylic acids is 1. The number of Topliss-reactive ketones (excluding diaryl/α,β-unsaturated/α-hetero) is 1. The molecular formula is C31H34ClN3O2. The lowest BCUT2D eigenvalue weighted by Crippen LogP contribution is -2.57. The van der Waals surface area contributed by atoms with Crippen LogP contribution >= 0.6 is 11.6 Å². The van der Waals surface area contributed by atoms with Gasteiger partial charge in [-0.25, -0.2) is 0 Å². The van der Waals surface area contributed by atoms with Crippen LogP contribution in [0.15, 0.2) is 48.5 Å². The maximum Gasteiger partial charge on any atom is 0.163 e. The quantitative estimate of drug-likeness (QED) is 0.339. The number of nitriles is 1. The lowest BCUT2D eigenvalue weighted by Gasteiger charge is -2.46. The molecular weight excluding hydrogens is 482 g/mol. The number of aryl methyl sites for hydroxylation is 2. The average Bonchev–Trinajstić information content (AvgIpc) is 2.77. The highest BCUT2D eigenvalue weighted by molar-refractivity contribution is 6.32. The first-order chi connectivity index (χ1) is 17.4. The van der Waals surface area contributed by atoms with Crippen LogP contribution in [-0.2, 0) is 0 Å². The average molecular weight is 516 g/mol. The Labute approximate surface area is 224 Å². The minimum Gasteiger partial charge on any atom is -0.454 e. The fraction of sp³-hybridized carbons (Fsp3) is 0.387. The van der Waals surface area contributed by atoms with Gasteiger partial charge in [-0.05, 0) is 102 Å². The molecule has 1 aliphatic heterocycles. The number of nitrogens with one attached hydrogen (secondary N) is 1. The van der Waals surface area contributed by atoms with Crippen molar-refractivity contribution in [3.05, 3.63) is 76.1 Å². The highest BCUT2D eigenvalue weighted by Gasteiger charge is 2.38. The van der Waals surface area contributed by atoms with Crippen LogP contribution in [0.2, 0.25) is 5.02 Å². The molecule has 0 amide bonds. The first-order valence-corrected chi connectivity index (χ1v) is 13.0. The number of aromatic nitrogens is 1. The van der Waals surface area contributed by atoms with Crippen LogP contribution in [0, 0.1) is 31.1 Å². The number of pyridine rings is 1. The molecule has 0 saturated carbocycles. The maximum atomic E-state index is 13.1. The summed E-state index contributed by atoms with van der Waals surface area (Å²) in [5.74, 6) is 1.19. The van der Waals surface area contributed by atoms with Gasteiger partial charge < -0.3 is 10.1 Å². The lowest BCUT2D eigenvalue weighted by molar-refractivity contribution is 0.0864. The summed E-state index contributed by atoms with van der Waals surface area (Å²) in [7, 11) is 0. The summed E-state index contributed by atoms with van der Waals surface area (Å²) < 4.78 is 6.10. The number of ether oxygens (including phenoxy) is 1. The maximum absolute atomic E-state index is 13.1. The van der Waals surface area contributed by atoms with Crippen molar-refractivity contribution in [2.24, 2.45) is 5.92 Å². The molecule has 0 unspecified atom stereocenters. The van der Waals surface area contributed by atoms with Crippen molar-refractivity contribution in [3.63, 3.8) is 0 Å². The third kappa shape index (κ3) is 6.39. The van der Waals surface area contributed by atoms with E-state index in [1.54, 1.807) is 24.3 Å². The van der Waals surface area contributed by atoms with E-state index in [4.69, 9.17) is 16.3 Å². The fourth-order valence-corrected chi connectivity index (χ4v) is 6.11. The SMILES string of the molecule is Cc1cc(-c2cccc(Oc3ccc(C(=O)CC4CC(C)(C)NC(C)(C)C4)cc3Cl)c2C#N)cc(C)n1. The predicted molar refractivity (Wildman–Crippen MR) is 148 cm³/mol. The van der Waals surface area contributed by atoms with Crippen molar-refractivity contribution >= 4 is 17.4 Å². The van der Waals surface area contributed by atoms with Crippen LogP contribution in [0.25, 0.3) is 11.1 Å². The van der Waals surface area contributed by atoms with Gasteiger partial charge in [0.15, 0.2) is 5.78 Å². The lowest BCUT2D eigenvalue weighted by atomic mass is 9.74. The summed E-state index contributed by atoms with van der Waals surface area (Å²) in [6.45, 7) is 12.6. The van der Waals surface area contributed by atoms with Crippen molar-refractivity contribution in [2.75, 3.05) is 0 Å². The molecule has 1 aromatic heterocycles. The highest BCUT2D eigenvalue weighted by Crippen LogP contribution is 2.38. The Bertz CT molecular complexity index is 1350. The Hall–Kier alpha value is -3.20. The van der Waals surface area contributed by atoms with Crippen LogP contribution in [0.5, 0.6) is 11.5 Å². The number of halogens is 1. The molecule has 3 aromatic rings. The number of ketones is 1. The molecule has 0 atom stereocenters. The van der Waals surface area contributed by atoms with Crippen LogP contribution in [-0.4, -0.2) is 21.8 Å². The number of hydrogen-bond donors (Lipinski definition) is 1. The van der Waals surface area contributed by atoms with Crippen LogP contribution < -0.4 is 10.1 Å². The third-order valence-electron chi connectivity index (χ3n) is 6.75. The first-order valence-electron chi connectivity index (χ1n) is 12.6. The standard InChI is InChI=1S/C31H34ClN3O2/c1-19-12-23(13-20(2)34-19)24-8-7-9-28(25(24)18-33)37-29-11-10-22(15-26(29)32)27(36)14-21-16-30(3,4)35-31(5,6)17-21/h7-13,15,21,35H,14,16-17H2,1-6H3. The summed E-state index contributed by atoms with van der Waals surface area (Å²) in [5.41, 5.74) is 4.40. The highest BCUT2D eigenvalue weighted by atomic mass is 35.5. The van der Waals surface area contributed by atoms with Gasteiger partial charge in [0.05, 0.1) is 5.02 Å². The molecule has 6 heteroatoms. The molecule has 1 fully saturated rings. The second-order valence-electron chi connectivity index (χ2n) is 11.5. The zero-order valence-electron chi connectivity index (χ0n) is 22.4. The zero-order valence-corrected chi connectivity index (χ0v) is 23.2. The number of carbonyl (C=O) groups is 1. The van der Waals surface area contributed by atoms with Crippen molar-refractivity contribution in [1.82, 2.24) is 10.3 Å². The molecule has 0 aliphatic carbocycles. The molecule has 2 heterocycles. The van der Waals surface area contributed by atoms with E-state index >= 15 is 0 Å². The number of benzene rings is 2. The minimum atomic E-state index is -0.0112. The van der Waals surface area contributed by atoms with Crippen molar-refractivity contribution in [2.45, 2.75) is 71.9 Å². The van der Waals surface area contributed by atoms with E-state index in [0.29, 0.717) is 40.0 Å². The fourth-order valence-electron chi connectivity index (χ4n) is 5.90. The number of nitrogens with zero attached hydrogens (tertiary/aromatic N) is 2. The molecule has 5 nitrogen and oxygen atoms in total. The second kappa shape index (κ2) is 10.3. The Morgan fingerprint density at radius 3 is 2.30 bits per heavy atom. The molecule has 4 rings (SSSR count). The van der Waals surface area contributed by atoms with Gasteiger partial charge in [-0.3, -0.25) is 9.78 Å². The molecule has 1 N–H and O–H groups in total. The van der Waals surface area contributed by atoms with Gasteiger partial charge in [0.2, 0.25) is 0 Å². The minimum absolute atomic E-state index is 0.0112. The van der Waals surface area contributed by atoms with Gasteiger partial charge >= 0.3 is 0 Å². The molecule has 1 aliphatic rings. The van der Waals surface area contributed by atoms with Crippen LogP contribution in [0.4, 0.5) is 0 Å². The van der Waals surface area contributed by atoms with E-state index in [1.807, 2.05) is 38.1 Å². The van der Waals surface area contributed by atoms with Gasteiger partial charge in [0, 0.05) is 40.0 Å². The first kappa shape index (κ1) is 26.9. The van der Waals surface area contributed by atoms with E-state index in [2.05, 4.69) is 44.1 Å². The summed E-state index contributed by atoms with van der Waals surface area (Å²) in [5, 5.41) is 14.0. The van der Waals surface area contributed by atoms with Gasteiger partial charge in [-0.1, -0.05) is 23.7 Å². The monoisotopic (exact) mass is 515 g/mol. The van der Waals surface area contributed by atoms with Crippen LogP contribution in [0.1, 0.15) is 74.3 Å². The zero-order chi connectivity index (χ0) is 27.0. The second-order valence-corrected chi connectivity index (χ2v) is 11.9. The smallest absolute Gasteiger partial charge is 0.163 e. The topological polar surface area (TPSA) is 75.0 Å². The largest absolute Gasteiger partial charge is 0.454 e. The van der Waals surface area contributed by atoms with Crippen molar-refractivity contribution in [3.8, 4) is 28.7 Å². The van der Waals surface area contributed by atoms with E-state index in [-0.39, 0.29) is 16.9 Å². The molecule has 192 valence electrons. The van der Waals surface area contributed by atoms with Crippen molar-refractivity contribution in [1.29, 1.82) is 5.26 Å². The van der Waals surface area contributed by atoms with Crippen molar-refractivity contribution < 1.29 is 9.53 Å². The van der Waals surface area contributed by atoms with Gasteiger partial charge in [0.25, 0.3) is 0 Å². The number of piperidine rings is 1. The van der Waals surface area contributed by atoms with Gasteiger partial charge in [0.1, 0.15) is 23.1 Å². The molecule has 37 heavy (non-hydrogen) atoms. The van der Waals surface area contributed by atoms with E-state index < -0.39 is 0 Å². The Morgan fingerprint density at radius 1 is 1.05 bits per heavy atom. The van der Waals surface area contributed by atoms with Gasteiger partial charge in [-0.15, -0.1) is 0 Å². The summed E-state index contributed by atoms with van der Waals surface area (Å²) in [6, 6.07) is 16.8. The summed E-state index contributed by atoms with van der Waals surface area (Å²) in [6.07, 6.45) is 2.37. The van der Waals surface area contributed by atoms with E-state index in [0.717, 1.165) is 35.4 Å². The Morgan fingerprint density at radius 2 is 1.70 bits per heavy atom. The Balaban J connectivity index is 1.55. The number of hydrogen-bond acceptors (Lipinski definition) is 5. The summed E-state index contributed by atoms with van der Waals surface area (Å²) in [4.78, 5) is 17.6. The Kier molecular flexibility index (Phi) is 7.46. The van der Waals surface area contributed by atoms with Crippen LogP contribution in [0.3, 0.4) is 0 Å². The third-order valence-corrected chi connectivity index (χ3v) is 7.05. The van der Waals surface area contributed by atoms with E-state index in [1.165, 1.54) is 0 Å². The van der Waals surface area contributed by atoms with Gasteiger partial charge in [-0.2, -0.15) is 5.26 Å².